The van der Waals surface area contributed by atoms with E-state index < -0.39 is 0 Å². The predicted molar refractivity (Wildman–Crippen MR) is 80.9 cm³/mol. The number of piperidine rings is 1. The van der Waals surface area contributed by atoms with Crippen molar-refractivity contribution in [3.8, 4) is 11.5 Å². The van der Waals surface area contributed by atoms with Crippen LogP contribution in [0.25, 0.3) is 0 Å². The summed E-state index contributed by atoms with van der Waals surface area (Å²) < 4.78 is 0. The van der Waals surface area contributed by atoms with E-state index in [0.717, 1.165) is 37.7 Å². The molecule has 0 radical (unpaired) electrons. The molecule has 4 nitrogen and oxygen atoms in total. The number of phenols is 2. The summed E-state index contributed by atoms with van der Waals surface area (Å²) in [7, 11) is 0. The molecule has 0 aliphatic carbocycles. The van der Waals surface area contributed by atoms with Crippen LogP contribution in [0.1, 0.15) is 32.3 Å². The average Bonchev–Trinajstić information content (AvgIpc) is 2.43. The fourth-order valence-corrected chi connectivity index (χ4v) is 2.76. The Kier molecular flexibility index (Phi) is 5.26. The molecule has 0 spiro atoms. The molecule has 2 rings (SSSR count). The van der Waals surface area contributed by atoms with E-state index >= 15 is 0 Å². The van der Waals surface area contributed by atoms with Gasteiger partial charge in [-0.1, -0.05) is 6.07 Å². The molecule has 0 aromatic heterocycles. The average molecular weight is 278 g/mol. The minimum Gasteiger partial charge on any atom is -0.504 e. The first-order chi connectivity index (χ1) is 9.56. The van der Waals surface area contributed by atoms with Gasteiger partial charge in [0.05, 0.1) is 0 Å². The number of hydrogen-bond donors (Lipinski definition) is 3. The molecule has 1 saturated heterocycles. The quantitative estimate of drug-likeness (QED) is 0.724. The minimum absolute atomic E-state index is 0.0342. The second-order valence-electron chi connectivity index (χ2n) is 6.04. The van der Waals surface area contributed by atoms with Gasteiger partial charge in [-0.3, -0.25) is 4.90 Å². The van der Waals surface area contributed by atoms with E-state index in [1.807, 2.05) is 6.07 Å². The lowest BCUT2D eigenvalue weighted by molar-refractivity contribution is 0.161. The Morgan fingerprint density at radius 2 is 1.90 bits per heavy atom. The van der Waals surface area contributed by atoms with E-state index in [4.69, 9.17) is 0 Å². The first-order valence-corrected chi connectivity index (χ1v) is 7.52. The Bertz CT molecular complexity index is 428. The van der Waals surface area contributed by atoms with Crippen molar-refractivity contribution in [3.05, 3.63) is 23.8 Å². The molecule has 0 amide bonds. The predicted octanol–water partition coefficient (Wildman–Crippen LogP) is 2.31. The van der Waals surface area contributed by atoms with Crippen LogP contribution in [0, 0.1) is 5.92 Å². The van der Waals surface area contributed by atoms with Crippen LogP contribution in [0.3, 0.4) is 0 Å². The van der Waals surface area contributed by atoms with Gasteiger partial charge in [0.2, 0.25) is 0 Å². The van der Waals surface area contributed by atoms with Crippen LogP contribution in [-0.2, 0) is 6.54 Å². The van der Waals surface area contributed by atoms with E-state index in [9.17, 15) is 10.2 Å². The van der Waals surface area contributed by atoms with E-state index in [1.165, 1.54) is 12.8 Å². The molecule has 0 saturated carbocycles. The van der Waals surface area contributed by atoms with E-state index in [2.05, 4.69) is 24.1 Å². The molecule has 4 heteroatoms. The molecule has 1 aromatic carbocycles. The molecule has 20 heavy (non-hydrogen) atoms. The zero-order chi connectivity index (χ0) is 14.5. The third-order valence-electron chi connectivity index (χ3n) is 4.11. The Labute approximate surface area is 121 Å². The highest BCUT2D eigenvalue weighted by atomic mass is 16.3. The highest BCUT2D eigenvalue weighted by Gasteiger charge is 2.19. The topological polar surface area (TPSA) is 55.7 Å². The number of nitrogens with one attached hydrogen (secondary N) is 1. The summed E-state index contributed by atoms with van der Waals surface area (Å²) in [5, 5.41) is 22.4. The zero-order valence-corrected chi connectivity index (χ0v) is 12.5. The van der Waals surface area contributed by atoms with Crippen LogP contribution in [0.2, 0.25) is 0 Å². The van der Waals surface area contributed by atoms with Crippen molar-refractivity contribution < 1.29 is 10.2 Å². The Hall–Kier alpha value is -1.26. The zero-order valence-electron chi connectivity index (χ0n) is 12.5. The number of benzene rings is 1. The summed E-state index contributed by atoms with van der Waals surface area (Å²) in [5.74, 6) is 0.667. The number of aromatic hydroxyl groups is 2. The Morgan fingerprint density at radius 3 is 2.50 bits per heavy atom. The Balaban J connectivity index is 1.99. The standard InChI is InChI=1S/C16H26N2O2/c1-12(2)18(10-13-5-7-17-8-6-13)11-14-3-4-15(19)16(20)9-14/h3-4,9,12-13,17,19-20H,5-8,10-11H2,1-2H3. The summed E-state index contributed by atoms with van der Waals surface area (Å²) >= 11 is 0. The number of phenolic OH excluding ortho intramolecular Hbond substituents is 2. The molecule has 0 atom stereocenters. The highest BCUT2D eigenvalue weighted by Crippen LogP contribution is 2.26. The van der Waals surface area contributed by atoms with Gasteiger partial charge in [0, 0.05) is 19.1 Å². The third kappa shape index (κ3) is 4.12. The van der Waals surface area contributed by atoms with Gasteiger partial charge >= 0.3 is 0 Å². The first-order valence-electron chi connectivity index (χ1n) is 7.52. The monoisotopic (exact) mass is 278 g/mol. The van der Waals surface area contributed by atoms with Gasteiger partial charge in [-0.15, -0.1) is 0 Å². The van der Waals surface area contributed by atoms with Gasteiger partial charge in [0.25, 0.3) is 0 Å². The molecule has 3 N–H and O–H groups in total. The van der Waals surface area contributed by atoms with E-state index in [-0.39, 0.29) is 11.5 Å². The lowest BCUT2D eigenvalue weighted by atomic mass is 9.96. The summed E-state index contributed by atoms with van der Waals surface area (Å²) in [5.41, 5.74) is 1.04. The van der Waals surface area contributed by atoms with E-state index in [1.54, 1.807) is 12.1 Å². The smallest absolute Gasteiger partial charge is 0.157 e. The molecule has 1 aliphatic rings. The van der Waals surface area contributed by atoms with Gasteiger partial charge in [-0.25, -0.2) is 0 Å². The van der Waals surface area contributed by atoms with Gasteiger partial charge in [-0.2, -0.15) is 0 Å². The second kappa shape index (κ2) is 6.95. The van der Waals surface area contributed by atoms with Crippen LogP contribution < -0.4 is 5.32 Å². The molecule has 0 bridgehead atoms. The van der Waals surface area contributed by atoms with Crippen molar-refractivity contribution in [1.29, 1.82) is 0 Å². The van der Waals surface area contributed by atoms with Crippen molar-refractivity contribution in [1.82, 2.24) is 10.2 Å². The minimum atomic E-state index is -0.0526. The van der Waals surface area contributed by atoms with Crippen LogP contribution in [-0.4, -0.2) is 40.8 Å². The maximum atomic E-state index is 9.60. The molecule has 112 valence electrons. The van der Waals surface area contributed by atoms with Crippen LogP contribution in [0.15, 0.2) is 18.2 Å². The molecule has 1 aliphatic heterocycles. The largest absolute Gasteiger partial charge is 0.504 e. The van der Waals surface area contributed by atoms with Crippen molar-refractivity contribution in [2.45, 2.75) is 39.3 Å². The molecule has 1 fully saturated rings. The second-order valence-corrected chi connectivity index (χ2v) is 6.04. The number of hydrogen-bond acceptors (Lipinski definition) is 4. The summed E-state index contributed by atoms with van der Waals surface area (Å²) in [6, 6.07) is 5.58. The van der Waals surface area contributed by atoms with Gasteiger partial charge in [0.15, 0.2) is 11.5 Å². The molecular formula is C16H26N2O2. The molecule has 1 heterocycles. The lowest BCUT2D eigenvalue weighted by Gasteiger charge is -2.32. The lowest BCUT2D eigenvalue weighted by Crippen LogP contribution is -2.39. The van der Waals surface area contributed by atoms with Gasteiger partial charge in [0.1, 0.15) is 0 Å². The fraction of sp³-hybridized carbons (Fsp3) is 0.625. The summed E-state index contributed by atoms with van der Waals surface area (Å²) in [4.78, 5) is 2.45. The molecule has 0 unspecified atom stereocenters. The van der Waals surface area contributed by atoms with Crippen LogP contribution in [0.5, 0.6) is 11.5 Å². The van der Waals surface area contributed by atoms with Crippen LogP contribution in [0.4, 0.5) is 0 Å². The number of rotatable bonds is 5. The summed E-state index contributed by atoms with van der Waals surface area (Å²) in [6.45, 7) is 8.58. The Morgan fingerprint density at radius 1 is 1.20 bits per heavy atom. The fourth-order valence-electron chi connectivity index (χ4n) is 2.76. The SMILES string of the molecule is CC(C)N(Cc1ccc(O)c(O)c1)CC1CCNCC1. The molecule has 1 aromatic rings. The first kappa shape index (κ1) is 15.1. The molecular weight excluding hydrogens is 252 g/mol. The van der Waals surface area contributed by atoms with E-state index in [0.29, 0.717) is 6.04 Å². The van der Waals surface area contributed by atoms with Crippen molar-refractivity contribution in [2.24, 2.45) is 5.92 Å². The normalized spacial score (nSPS) is 17.0. The van der Waals surface area contributed by atoms with Crippen molar-refractivity contribution >= 4 is 0 Å². The summed E-state index contributed by atoms with van der Waals surface area (Å²) in [6.07, 6.45) is 2.48. The van der Waals surface area contributed by atoms with Crippen molar-refractivity contribution in [2.75, 3.05) is 19.6 Å². The van der Waals surface area contributed by atoms with Crippen molar-refractivity contribution in [3.63, 3.8) is 0 Å². The van der Waals surface area contributed by atoms with Gasteiger partial charge in [-0.05, 0) is 63.4 Å². The van der Waals surface area contributed by atoms with Gasteiger partial charge < -0.3 is 15.5 Å². The van der Waals surface area contributed by atoms with Crippen LogP contribution >= 0.6 is 0 Å². The maximum Gasteiger partial charge on any atom is 0.157 e. The highest BCUT2D eigenvalue weighted by molar-refractivity contribution is 5.40. The third-order valence-corrected chi connectivity index (χ3v) is 4.11. The maximum absolute atomic E-state index is 9.60. The number of nitrogens with zero attached hydrogens (tertiary/aromatic N) is 1.